The van der Waals surface area contributed by atoms with Crippen molar-refractivity contribution in [3.8, 4) is 0 Å². The van der Waals surface area contributed by atoms with Crippen LogP contribution in [0.2, 0.25) is 0 Å². The largest absolute Gasteiger partial charge is 0.379 e. The first-order valence-electron chi connectivity index (χ1n) is 5.76. The zero-order valence-corrected chi connectivity index (χ0v) is 9.17. The summed E-state index contributed by atoms with van der Waals surface area (Å²) in [6.07, 6.45) is 6.51. The first-order valence-corrected chi connectivity index (χ1v) is 5.76. The molecular formula is C11H22N2O. The Balaban J connectivity index is 1.83. The van der Waals surface area contributed by atoms with E-state index in [1.807, 2.05) is 0 Å². The highest BCUT2D eigenvalue weighted by Gasteiger charge is 2.33. The summed E-state index contributed by atoms with van der Waals surface area (Å²) in [5.41, 5.74) is 6.19. The van der Waals surface area contributed by atoms with Crippen LogP contribution in [0.4, 0.5) is 0 Å². The summed E-state index contributed by atoms with van der Waals surface area (Å²) in [6, 6.07) is 0.774. The average Bonchev–Trinajstić information content (AvgIpc) is 2.74. The molecule has 1 unspecified atom stereocenters. The SMILES string of the molecule is CN(CC1(N)CCOC1)C1CCCC1. The maximum atomic E-state index is 6.26. The fourth-order valence-electron chi connectivity index (χ4n) is 2.72. The van der Waals surface area contributed by atoms with Gasteiger partial charge in [0.1, 0.15) is 0 Å². The van der Waals surface area contributed by atoms with E-state index in [2.05, 4.69) is 11.9 Å². The van der Waals surface area contributed by atoms with Gasteiger partial charge in [-0.05, 0) is 26.3 Å². The molecule has 0 bridgehead atoms. The number of likely N-dealkylation sites (N-methyl/N-ethyl adjacent to an activating group) is 1. The van der Waals surface area contributed by atoms with Gasteiger partial charge in [0.25, 0.3) is 0 Å². The molecule has 2 aliphatic rings. The highest BCUT2D eigenvalue weighted by Crippen LogP contribution is 2.25. The van der Waals surface area contributed by atoms with Gasteiger partial charge in [-0.1, -0.05) is 12.8 Å². The monoisotopic (exact) mass is 198 g/mol. The Morgan fingerprint density at radius 1 is 1.43 bits per heavy atom. The van der Waals surface area contributed by atoms with Crippen molar-refractivity contribution in [3.63, 3.8) is 0 Å². The first-order chi connectivity index (χ1) is 6.70. The minimum Gasteiger partial charge on any atom is -0.379 e. The molecule has 14 heavy (non-hydrogen) atoms. The second-order valence-electron chi connectivity index (χ2n) is 5.02. The number of nitrogens with zero attached hydrogens (tertiary/aromatic N) is 1. The fourth-order valence-corrected chi connectivity index (χ4v) is 2.72. The molecule has 0 aromatic heterocycles. The molecule has 0 radical (unpaired) electrons. The molecule has 1 aliphatic heterocycles. The van der Waals surface area contributed by atoms with Gasteiger partial charge >= 0.3 is 0 Å². The highest BCUT2D eigenvalue weighted by molar-refractivity contribution is 4.92. The van der Waals surface area contributed by atoms with E-state index in [4.69, 9.17) is 10.5 Å². The van der Waals surface area contributed by atoms with E-state index < -0.39 is 0 Å². The summed E-state index contributed by atoms with van der Waals surface area (Å²) >= 11 is 0. The lowest BCUT2D eigenvalue weighted by Crippen LogP contribution is -2.51. The van der Waals surface area contributed by atoms with Crippen molar-refractivity contribution in [2.45, 2.75) is 43.7 Å². The van der Waals surface area contributed by atoms with Gasteiger partial charge in [-0.25, -0.2) is 0 Å². The number of nitrogens with two attached hydrogens (primary N) is 1. The Hall–Kier alpha value is -0.120. The topological polar surface area (TPSA) is 38.5 Å². The van der Waals surface area contributed by atoms with E-state index >= 15 is 0 Å². The number of hydrogen-bond acceptors (Lipinski definition) is 3. The lowest BCUT2D eigenvalue weighted by Gasteiger charge is -2.32. The van der Waals surface area contributed by atoms with Crippen molar-refractivity contribution in [2.75, 3.05) is 26.8 Å². The third-order valence-electron chi connectivity index (χ3n) is 3.65. The van der Waals surface area contributed by atoms with Crippen LogP contribution in [-0.4, -0.2) is 43.3 Å². The average molecular weight is 198 g/mol. The number of ether oxygens (including phenoxy) is 1. The Kier molecular flexibility index (Phi) is 3.10. The third kappa shape index (κ3) is 2.27. The van der Waals surface area contributed by atoms with Gasteiger partial charge in [0.15, 0.2) is 0 Å². The van der Waals surface area contributed by atoms with Crippen LogP contribution in [0.1, 0.15) is 32.1 Å². The predicted molar refractivity (Wildman–Crippen MR) is 57.2 cm³/mol. The summed E-state index contributed by atoms with van der Waals surface area (Å²) in [6.45, 7) is 2.58. The van der Waals surface area contributed by atoms with Crippen LogP contribution in [0, 0.1) is 0 Å². The van der Waals surface area contributed by atoms with Crippen molar-refractivity contribution in [2.24, 2.45) is 5.73 Å². The van der Waals surface area contributed by atoms with Crippen LogP contribution in [0.5, 0.6) is 0 Å². The molecule has 0 amide bonds. The minimum atomic E-state index is -0.0721. The maximum Gasteiger partial charge on any atom is 0.0659 e. The van der Waals surface area contributed by atoms with Gasteiger partial charge in [0, 0.05) is 19.2 Å². The molecule has 2 N–H and O–H groups in total. The van der Waals surface area contributed by atoms with Crippen molar-refractivity contribution in [3.05, 3.63) is 0 Å². The third-order valence-corrected chi connectivity index (χ3v) is 3.65. The molecule has 1 heterocycles. The minimum absolute atomic E-state index is 0.0721. The standard InChI is InChI=1S/C11H22N2O/c1-13(10-4-2-3-5-10)8-11(12)6-7-14-9-11/h10H,2-9,12H2,1H3. The second-order valence-corrected chi connectivity index (χ2v) is 5.02. The second kappa shape index (κ2) is 4.17. The molecule has 0 aromatic carbocycles. The van der Waals surface area contributed by atoms with Gasteiger partial charge < -0.3 is 15.4 Å². The summed E-state index contributed by atoms with van der Waals surface area (Å²) in [7, 11) is 2.21. The summed E-state index contributed by atoms with van der Waals surface area (Å²) < 4.78 is 5.37. The van der Waals surface area contributed by atoms with E-state index in [9.17, 15) is 0 Å². The van der Waals surface area contributed by atoms with Crippen molar-refractivity contribution in [1.82, 2.24) is 4.90 Å². The van der Waals surface area contributed by atoms with Crippen molar-refractivity contribution >= 4 is 0 Å². The molecule has 0 aromatic rings. The zero-order valence-electron chi connectivity index (χ0n) is 9.17. The zero-order chi connectivity index (χ0) is 10.0. The number of rotatable bonds is 3. The van der Waals surface area contributed by atoms with Crippen molar-refractivity contribution in [1.29, 1.82) is 0 Å². The smallest absolute Gasteiger partial charge is 0.0659 e. The van der Waals surface area contributed by atoms with Gasteiger partial charge in [-0.15, -0.1) is 0 Å². The fraction of sp³-hybridized carbons (Fsp3) is 1.00. The van der Waals surface area contributed by atoms with E-state index in [1.54, 1.807) is 0 Å². The highest BCUT2D eigenvalue weighted by atomic mass is 16.5. The number of hydrogen-bond donors (Lipinski definition) is 1. The molecule has 3 nitrogen and oxygen atoms in total. The molecule has 1 saturated carbocycles. The lowest BCUT2D eigenvalue weighted by atomic mass is 9.99. The molecule has 2 fully saturated rings. The molecule has 3 heteroatoms. The van der Waals surface area contributed by atoms with Gasteiger partial charge in [-0.2, -0.15) is 0 Å². The van der Waals surface area contributed by atoms with E-state index in [0.29, 0.717) is 0 Å². The first kappa shape index (κ1) is 10.4. The van der Waals surface area contributed by atoms with Crippen molar-refractivity contribution < 1.29 is 4.74 Å². The van der Waals surface area contributed by atoms with Crippen LogP contribution in [0.3, 0.4) is 0 Å². The summed E-state index contributed by atoms with van der Waals surface area (Å²) in [5.74, 6) is 0. The van der Waals surface area contributed by atoms with Crippen LogP contribution in [-0.2, 0) is 4.74 Å². The Morgan fingerprint density at radius 2 is 2.14 bits per heavy atom. The van der Waals surface area contributed by atoms with Gasteiger partial charge in [-0.3, -0.25) is 0 Å². The Morgan fingerprint density at radius 3 is 2.71 bits per heavy atom. The van der Waals surface area contributed by atoms with Crippen LogP contribution >= 0.6 is 0 Å². The van der Waals surface area contributed by atoms with Crippen LogP contribution in [0.15, 0.2) is 0 Å². The van der Waals surface area contributed by atoms with Crippen LogP contribution in [0.25, 0.3) is 0 Å². The Labute approximate surface area is 86.6 Å². The van der Waals surface area contributed by atoms with Gasteiger partial charge in [0.05, 0.1) is 12.1 Å². The predicted octanol–water partition coefficient (Wildman–Crippen LogP) is 0.979. The molecule has 1 saturated heterocycles. The maximum absolute atomic E-state index is 6.26. The van der Waals surface area contributed by atoms with Gasteiger partial charge in [0.2, 0.25) is 0 Å². The van der Waals surface area contributed by atoms with E-state index in [1.165, 1.54) is 25.7 Å². The quantitative estimate of drug-likeness (QED) is 0.734. The van der Waals surface area contributed by atoms with Crippen LogP contribution < -0.4 is 5.73 Å². The molecule has 2 rings (SSSR count). The normalized spacial score (nSPS) is 34.5. The molecule has 1 aliphatic carbocycles. The van der Waals surface area contributed by atoms with E-state index in [0.717, 1.165) is 32.2 Å². The molecular weight excluding hydrogens is 176 g/mol. The molecule has 0 spiro atoms. The Bertz CT molecular complexity index is 184. The summed E-state index contributed by atoms with van der Waals surface area (Å²) in [4.78, 5) is 2.45. The summed E-state index contributed by atoms with van der Waals surface area (Å²) in [5, 5.41) is 0. The lowest BCUT2D eigenvalue weighted by molar-refractivity contribution is 0.146. The molecule has 1 atom stereocenters. The van der Waals surface area contributed by atoms with E-state index in [-0.39, 0.29) is 5.54 Å². The molecule has 82 valence electrons.